The van der Waals surface area contributed by atoms with E-state index >= 15 is 0 Å². The van der Waals surface area contributed by atoms with Crippen LogP contribution in [0.25, 0.3) is 28.0 Å². The van der Waals surface area contributed by atoms with Crippen molar-refractivity contribution in [2.24, 2.45) is 5.73 Å². The van der Waals surface area contributed by atoms with Crippen molar-refractivity contribution < 1.29 is 18.0 Å². The molecule has 0 saturated carbocycles. The van der Waals surface area contributed by atoms with Crippen LogP contribution in [-0.4, -0.2) is 12.3 Å². The molecule has 1 aliphatic heterocycles. The highest BCUT2D eigenvalue weighted by Crippen LogP contribution is 2.40. The minimum absolute atomic E-state index is 0.0243. The van der Waals surface area contributed by atoms with Crippen LogP contribution in [-0.2, 0) is 0 Å². The van der Waals surface area contributed by atoms with E-state index in [0.29, 0.717) is 40.7 Å². The molecular weight excluding hydrogens is 362 g/mol. The molecule has 0 unspecified atom stereocenters. The molecule has 1 aromatic heterocycles. The van der Waals surface area contributed by atoms with Crippen LogP contribution in [0.3, 0.4) is 0 Å². The summed E-state index contributed by atoms with van der Waals surface area (Å²) in [6.45, 7) is 8.43. The first-order chi connectivity index (χ1) is 13.5. The number of halogens is 2. The Morgan fingerprint density at radius 3 is 2.61 bits per heavy atom. The molecule has 146 valence electrons. The van der Waals surface area contributed by atoms with Gasteiger partial charge >= 0.3 is 0 Å². The summed E-state index contributed by atoms with van der Waals surface area (Å²) in [4.78, 5) is 12.4. The van der Waals surface area contributed by atoms with Crippen molar-refractivity contribution in [2.75, 3.05) is 11.9 Å². The molecule has 4 rings (SSSR count). The number of carbonyl (C=O) groups excluding carboxylic acids is 1. The van der Waals surface area contributed by atoms with Gasteiger partial charge in [0.2, 0.25) is 0 Å². The molecule has 6 heteroatoms. The molecule has 0 fully saturated rings. The quantitative estimate of drug-likeness (QED) is 0.593. The van der Waals surface area contributed by atoms with Gasteiger partial charge in [-0.2, -0.15) is 0 Å². The Bertz CT molecular complexity index is 1070. The summed E-state index contributed by atoms with van der Waals surface area (Å²) in [5, 5.41) is 3.78. The van der Waals surface area contributed by atoms with Crippen molar-refractivity contribution in [3.63, 3.8) is 0 Å². The highest BCUT2D eigenvalue weighted by atomic mass is 19.1. The SMILES string of the molecule is C=C(N)c1c(-c2ccc(F)cc2F)oc2cc3c(cc12)C(=O)CCCN3.CC. The van der Waals surface area contributed by atoms with E-state index in [4.69, 9.17) is 10.2 Å². The van der Waals surface area contributed by atoms with E-state index in [9.17, 15) is 13.6 Å². The summed E-state index contributed by atoms with van der Waals surface area (Å²) in [6.07, 6.45) is 1.19. The Morgan fingerprint density at radius 1 is 1.18 bits per heavy atom. The Morgan fingerprint density at radius 2 is 1.93 bits per heavy atom. The lowest BCUT2D eigenvalue weighted by atomic mass is 9.99. The third-order valence-electron chi connectivity index (χ3n) is 4.52. The molecule has 3 N–H and O–H groups in total. The number of rotatable bonds is 2. The molecule has 0 radical (unpaired) electrons. The van der Waals surface area contributed by atoms with Crippen LogP contribution in [0.15, 0.2) is 41.3 Å². The lowest BCUT2D eigenvalue weighted by Crippen LogP contribution is -2.01. The van der Waals surface area contributed by atoms with E-state index in [2.05, 4.69) is 11.9 Å². The van der Waals surface area contributed by atoms with Gasteiger partial charge in [0.05, 0.1) is 11.1 Å². The van der Waals surface area contributed by atoms with Gasteiger partial charge in [-0.1, -0.05) is 20.4 Å². The summed E-state index contributed by atoms with van der Waals surface area (Å²) in [7, 11) is 0. The lowest BCUT2D eigenvalue weighted by Gasteiger charge is -2.07. The fourth-order valence-electron chi connectivity index (χ4n) is 3.31. The maximum absolute atomic E-state index is 14.3. The van der Waals surface area contributed by atoms with Gasteiger partial charge < -0.3 is 15.5 Å². The highest BCUT2D eigenvalue weighted by molar-refractivity contribution is 6.08. The first-order valence-electron chi connectivity index (χ1n) is 9.23. The van der Waals surface area contributed by atoms with Crippen LogP contribution in [0, 0.1) is 11.6 Å². The first-order valence-corrected chi connectivity index (χ1v) is 9.23. The largest absolute Gasteiger partial charge is 0.455 e. The second-order valence-electron chi connectivity index (χ2n) is 6.30. The van der Waals surface area contributed by atoms with Crippen molar-refractivity contribution in [3.8, 4) is 11.3 Å². The smallest absolute Gasteiger partial charge is 0.165 e. The molecule has 0 atom stereocenters. The normalized spacial score (nSPS) is 13.2. The van der Waals surface area contributed by atoms with Crippen LogP contribution in [0.5, 0.6) is 0 Å². The minimum Gasteiger partial charge on any atom is -0.455 e. The summed E-state index contributed by atoms with van der Waals surface area (Å²) in [6, 6.07) is 6.64. The average molecular weight is 384 g/mol. The minimum atomic E-state index is -0.762. The number of anilines is 1. The van der Waals surface area contributed by atoms with E-state index < -0.39 is 11.6 Å². The Hall–Kier alpha value is -3.15. The topological polar surface area (TPSA) is 68.3 Å². The van der Waals surface area contributed by atoms with Crippen LogP contribution < -0.4 is 11.1 Å². The van der Waals surface area contributed by atoms with E-state index in [-0.39, 0.29) is 22.8 Å². The van der Waals surface area contributed by atoms with Gasteiger partial charge in [0.15, 0.2) is 5.78 Å². The number of nitrogens with two attached hydrogens (primary N) is 1. The van der Waals surface area contributed by atoms with E-state index in [0.717, 1.165) is 18.6 Å². The molecule has 28 heavy (non-hydrogen) atoms. The zero-order chi connectivity index (χ0) is 20.4. The van der Waals surface area contributed by atoms with Gasteiger partial charge in [-0.3, -0.25) is 4.79 Å². The monoisotopic (exact) mass is 384 g/mol. The predicted octanol–water partition coefficient (Wildman–Crippen LogP) is 5.72. The molecular formula is C22H22F2N2O2. The second kappa shape index (κ2) is 7.84. The zero-order valence-corrected chi connectivity index (χ0v) is 15.9. The van der Waals surface area contributed by atoms with E-state index in [1.165, 1.54) is 6.07 Å². The summed E-state index contributed by atoms with van der Waals surface area (Å²) in [5.74, 6) is -1.26. The number of furan rings is 1. The molecule has 4 nitrogen and oxygen atoms in total. The number of ketones is 1. The number of benzene rings is 2. The molecule has 2 heterocycles. The fourth-order valence-corrected chi connectivity index (χ4v) is 3.31. The predicted molar refractivity (Wildman–Crippen MR) is 108 cm³/mol. The van der Waals surface area contributed by atoms with E-state index in [1.54, 1.807) is 12.1 Å². The highest BCUT2D eigenvalue weighted by Gasteiger charge is 2.24. The molecule has 0 saturated heterocycles. The Labute approximate surface area is 162 Å². The lowest BCUT2D eigenvalue weighted by molar-refractivity contribution is 0.0984. The van der Waals surface area contributed by atoms with Crippen LogP contribution in [0.4, 0.5) is 14.5 Å². The number of carbonyl (C=O) groups is 1. The molecule has 2 aromatic carbocycles. The van der Waals surface area contributed by atoms with Crippen molar-refractivity contribution in [1.82, 2.24) is 0 Å². The maximum Gasteiger partial charge on any atom is 0.165 e. The number of Topliss-reactive ketones (excluding diaryl/α,β-unsaturated/α-hetero) is 1. The summed E-state index contributed by atoms with van der Waals surface area (Å²) >= 11 is 0. The molecule has 3 aromatic rings. The molecule has 0 spiro atoms. The van der Waals surface area contributed by atoms with Crippen molar-refractivity contribution in [2.45, 2.75) is 26.7 Å². The van der Waals surface area contributed by atoms with Crippen molar-refractivity contribution in [1.29, 1.82) is 0 Å². The molecule has 0 aliphatic carbocycles. The first kappa shape index (κ1) is 19.6. The molecule has 0 amide bonds. The van der Waals surface area contributed by atoms with Crippen LogP contribution >= 0.6 is 0 Å². The van der Waals surface area contributed by atoms with Crippen molar-refractivity contribution in [3.05, 3.63) is 59.7 Å². The van der Waals surface area contributed by atoms with Crippen LogP contribution in [0.2, 0.25) is 0 Å². The number of nitrogens with one attached hydrogen (secondary N) is 1. The van der Waals surface area contributed by atoms with Crippen molar-refractivity contribution >= 4 is 28.1 Å². The summed E-state index contributed by atoms with van der Waals surface area (Å²) < 4.78 is 33.4. The zero-order valence-electron chi connectivity index (χ0n) is 15.9. The van der Waals surface area contributed by atoms with Gasteiger partial charge in [-0.15, -0.1) is 0 Å². The Balaban J connectivity index is 0.00000109. The van der Waals surface area contributed by atoms with Gasteiger partial charge in [0.25, 0.3) is 0 Å². The Kier molecular flexibility index (Phi) is 5.49. The number of fused-ring (bicyclic) bond motifs is 2. The molecule has 0 bridgehead atoms. The summed E-state index contributed by atoms with van der Waals surface area (Å²) in [5.41, 5.74) is 8.27. The third-order valence-corrected chi connectivity index (χ3v) is 4.52. The third kappa shape index (κ3) is 3.38. The standard InChI is InChI=1S/C20H16F2N2O2.C2H6/c1-10(23)19-14-8-13-16(24-6-2-3-17(13)25)9-18(14)26-20(19)12-5-4-11(21)7-15(12)22;1-2/h4-5,7-9,24H,1-3,6,23H2;1-2H3. The molecule has 1 aliphatic rings. The van der Waals surface area contributed by atoms with Gasteiger partial charge in [-0.25, -0.2) is 8.78 Å². The number of hydrogen-bond acceptors (Lipinski definition) is 4. The second-order valence-corrected chi connectivity index (χ2v) is 6.30. The number of hydrogen-bond donors (Lipinski definition) is 2. The van der Waals surface area contributed by atoms with Crippen LogP contribution in [0.1, 0.15) is 42.6 Å². The van der Waals surface area contributed by atoms with Gasteiger partial charge in [0, 0.05) is 47.4 Å². The van der Waals surface area contributed by atoms with Gasteiger partial charge in [0.1, 0.15) is 23.0 Å². The van der Waals surface area contributed by atoms with Gasteiger partial charge in [-0.05, 0) is 24.6 Å². The maximum atomic E-state index is 14.3. The fraction of sp³-hybridized carbons (Fsp3) is 0.227. The average Bonchev–Trinajstić information content (AvgIpc) is 2.94. The van der Waals surface area contributed by atoms with E-state index in [1.807, 2.05) is 13.8 Å².